The lowest BCUT2D eigenvalue weighted by Crippen LogP contribution is -2.09. The number of aryl methyl sites for hydroxylation is 1. The Hall–Kier alpha value is -2.83. The molecule has 0 spiro atoms. The summed E-state index contributed by atoms with van der Waals surface area (Å²) in [4.78, 5) is 17.1. The van der Waals surface area contributed by atoms with Crippen LogP contribution in [0.2, 0.25) is 0 Å². The van der Waals surface area contributed by atoms with Gasteiger partial charge in [0.15, 0.2) is 5.82 Å². The van der Waals surface area contributed by atoms with Gasteiger partial charge in [-0.2, -0.15) is 5.10 Å². The zero-order valence-electron chi connectivity index (χ0n) is 11.6. The number of hydrogen-bond donors (Lipinski definition) is 1. The fourth-order valence-electron chi connectivity index (χ4n) is 1.94. The molecule has 3 aromatic rings. The molecule has 0 aliphatic rings. The lowest BCUT2D eigenvalue weighted by Gasteiger charge is -2.06. The van der Waals surface area contributed by atoms with Crippen molar-refractivity contribution in [2.75, 3.05) is 11.9 Å². The second-order valence-electron chi connectivity index (χ2n) is 4.47. The van der Waals surface area contributed by atoms with Crippen molar-refractivity contribution in [2.45, 2.75) is 6.42 Å². The molecule has 21 heavy (non-hydrogen) atoms. The van der Waals surface area contributed by atoms with Gasteiger partial charge in [0.25, 0.3) is 0 Å². The molecule has 0 aliphatic heterocycles. The molecular weight excluding hydrogens is 266 g/mol. The molecule has 0 saturated heterocycles. The van der Waals surface area contributed by atoms with Crippen molar-refractivity contribution in [2.24, 2.45) is 7.05 Å². The largest absolute Gasteiger partial charge is 0.354 e. The van der Waals surface area contributed by atoms with Crippen LogP contribution in [0.25, 0.3) is 11.5 Å². The minimum absolute atomic E-state index is 0.575. The predicted octanol–water partition coefficient (Wildman–Crippen LogP) is 1.32. The first-order chi connectivity index (χ1) is 10.3. The van der Waals surface area contributed by atoms with Crippen LogP contribution in [0, 0.1) is 0 Å². The third-order valence-corrected chi connectivity index (χ3v) is 2.99. The van der Waals surface area contributed by atoms with E-state index in [4.69, 9.17) is 0 Å². The Bertz CT molecular complexity index is 708. The van der Waals surface area contributed by atoms with E-state index < -0.39 is 0 Å². The molecule has 3 rings (SSSR count). The van der Waals surface area contributed by atoms with Crippen molar-refractivity contribution in [3.05, 3.63) is 48.7 Å². The second kappa shape index (κ2) is 6.08. The Morgan fingerprint density at radius 2 is 2.05 bits per heavy atom. The number of hydrogen-bond acceptors (Lipinski definition) is 6. The molecule has 0 unspecified atom stereocenters. The van der Waals surface area contributed by atoms with Crippen LogP contribution in [-0.4, -0.2) is 36.3 Å². The third-order valence-electron chi connectivity index (χ3n) is 2.99. The Morgan fingerprint density at radius 1 is 1.10 bits per heavy atom. The summed E-state index contributed by atoms with van der Waals surface area (Å²) in [6.45, 7) is 0.722. The van der Waals surface area contributed by atoms with Crippen LogP contribution in [0.15, 0.2) is 43.0 Å². The Labute approximate surface area is 122 Å². The van der Waals surface area contributed by atoms with E-state index in [-0.39, 0.29) is 0 Å². The highest BCUT2D eigenvalue weighted by Gasteiger charge is 2.07. The van der Waals surface area contributed by atoms with E-state index in [0.29, 0.717) is 11.8 Å². The molecule has 106 valence electrons. The SMILES string of the molecule is Cn1ncnc1-c1ccnc(NCCc2ccccn2)n1. The van der Waals surface area contributed by atoms with E-state index in [9.17, 15) is 0 Å². The van der Waals surface area contributed by atoms with Crippen LogP contribution in [0.3, 0.4) is 0 Å². The first kappa shape index (κ1) is 13.2. The van der Waals surface area contributed by atoms with Crippen LogP contribution in [0.4, 0.5) is 5.95 Å². The number of nitrogens with zero attached hydrogens (tertiary/aromatic N) is 6. The van der Waals surface area contributed by atoms with Crippen LogP contribution >= 0.6 is 0 Å². The van der Waals surface area contributed by atoms with Gasteiger partial charge >= 0.3 is 0 Å². The molecule has 0 radical (unpaired) electrons. The van der Waals surface area contributed by atoms with Gasteiger partial charge in [0, 0.05) is 38.1 Å². The van der Waals surface area contributed by atoms with Gasteiger partial charge in [0.2, 0.25) is 5.95 Å². The Kier molecular flexibility index (Phi) is 3.81. The van der Waals surface area contributed by atoms with Crippen molar-refractivity contribution in [3.8, 4) is 11.5 Å². The lowest BCUT2D eigenvalue weighted by atomic mass is 10.3. The highest BCUT2D eigenvalue weighted by atomic mass is 15.3. The van der Waals surface area contributed by atoms with E-state index in [1.54, 1.807) is 17.1 Å². The van der Waals surface area contributed by atoms with E-state index >= 15 is 0 Å². The highest BCUT2D eigenvalue weighted by Crippen LogP contribution is 2.13. The van der Waals surface area contributed by atoms with E-state index in [1.165, 1.54) is 6.33 Å². The van der Waals surface area contributed by atoms with E-state index in [1.807, 2.05) is 31.3 Å². The highest BCUT2D eigenvalue weighted by molar-refractivity contribution is 5.50. The standard InChI is InChI=1S/C14H15N7/c1-21-13(18-10-19-21)12-6-9-17-14(20-12)16-8-5-11-4-2-3-7-15-11/h2-4,6-7,9-10H,5,8H2,1H3,(H,16,17,20). The minimum atomic E-state index is 0.575. The maximum absolute atomic E-state index is 4.44. The van der Waals surface area contributed by atoms with Gasteiger partial charge in [-0.1, -0.05) is 6.07 Å². The summed E-state index contributed by atoms with van der Waals surface area (Å²) in [6.07, 6.45) is 5.82. The normalized spacial score (nSPS) is 10.5. The van der Waals surface area contributed by atoms with E-state index in [0.717, 1.165) is 24.4 Å². The first-order valence-electron chi connectivity index (χ1n) is 6.64. The monoisotopic (exact) mass is 281 g/mol. The first-order valence-corrected chi connectivity index (χ1v) is 6.64. The Balaban J connectivity index is 1.65. The number of pyridine rings is 1. The van der Waals surface area contributed by atoms with Gasteiger partial charge in [0.1, 0.15) is 12.0 Å². The summed E-state index contributed by atoms with van der Waals surface area (Å²) >= 11 is 0. The van der Waals surface area contributed by atoms with E-state index in [2.05, 4.69) is 30.4 Å². The zero-order chi connectivity index (χ0) is 14.5. The average Bonchev–Trinajstić information content (AvgIpc) is 2.95. The van der Waals surface area contributed by atoms with Gasteiger partial charge in [0.05, 0.1) is 0 Å². The molecular formula is C14H15N7. The molecule has 3 aromatic heterocycles. The number of nitrogens with one attached hydrogen (secondary N) is 1. The second-order valence-corrected chi connectivity index (χ2v) is 4.47. The van der Waals surface area contributed by atoms with Crippen LogP contribution in [0.1, 0.15) is 5.69 Å². The van der Waals surface area contributed by atoms with Gasteiger partial charge < -0.3 is 5.32 Å². The van der Waals surface area contributed by atoms with Crippen molar-refractivity contribution < 1.29 is 0 Å². The smallest absolute Gasteiger partial charge is 0.223 e. The van der Waals surface area contributed by atoms with Gasteiger partial charge in [-0.05, 0) is 18.2 Å². The van der Waals surface area contributed by atoms with Crippen LogP contribution in [-0.2, 0) is 13.5 Å². The molecule has 0 saturated carbocycles. The number of anilines is 1. The van der Waals surface area contributed by atoms with Crippen molar-refractivity contribution in [1.82, 2.24) is 29.7 Å². The minimum Gasteiger partial charge on any atom is -0.354 e. The maximum atomic E-state index is 4.44. The molecule has 0 aromatic carbocycles. The summed E-state index contributed by atoms with van der Waals surface area (Å²) in [6, 6.07) is 7.70. The van der Waals surface area contributed by atoms with Crippen molar-refractivity contribution in [3.63, 3.8) is 0 Å². The molecule has 7 heteroatoms. The number of aromatic nitrogens is 6. The molecule has 7 nitrogen and oxygen atoms in total. The van der Waals surface area contributed by atoms with Gasteiger partial charge in [-0.3, -0.25) is 4.98 Å². The molecule has 0 fully saturated rings. The van der Waals surface area contributed by atoms with Gasteiger partial charge in [-0.15, -0.1) is 0 Å². The molecule has 0 amide bonds. The summed E-state index contributed by atoms with van der Waals surface area (Å²) in [5.41, 5.74) is 1.78. The van der Waals surface area contributed by atoms with Crippen LogP contribution < -0.4 is 5.32 Å². The summed E-state index contributed by atoms with van der Waals surface area (Å²) in [5.74, 6) is 1.29. The zero-order valence-corrected chi connectivity index (χ0v) is 11.6. The average molecular weight is 281 g/mol. The topological polar surface area (TPSA) is 81.4 Å². The third kappa shape index (κ3) is 3.19. The van der Waals surface area contributed by atoms with Crippen LogP contribution in [0.5, 0.6) is 0 Å². The van der Waals surface area contributed by atoms with Crippen molar-refractivity contribution >= 4 is 5.95 Å². The van der Waals surface area contributed by atoms with Gasteiger partial charge in [-0.25, -0.2) is 19.6 Å². The molecule has 0 atom stereocenters. The summed E-state index contributed by atoms with van der Waals surface area (Å²) < 4.78 is 1.68. The van der Waals surface area contributed by atoms with Crippen molar-refractivity contribution in [1.29, 1.82) is 0 Å². The predicted molar refractivity (Wildman–Crippen MR) is 78.5 cm³/mol. The lowest BCUT2D eigenvalue weighted by molar-refractivity contribution is 0.771. The quantitative estimate of drug-likeness (QED) is 0.759. The fourth-order valence-corrected chi connectivity index (χ4v) is 1.94. The molecule has 0 bridgehead atoms. The molecule has 1 N–H and O–H groups in total. The molecule has 3 heterocycles. The number of rotatable bonds is 5. The maximum Gasteiger partial charge on any atom is 0.223 e. The fraction of sp³-hybridized carbons (Fsp3) is 0.214. The molecule has 0 aliphatic carbocycles. The summed E-state index contributed by atoms with van der Waals surface area (Å²) in [5, 5.41) is 7.24. The Morgan fingerprint density at radius 3 is 2.81 bits per heavy atom. The summed E-state index contributed by atoms with van der Waals surface area (Å²) in [7, 11) is 1.83.